The summed E-state index contributed by atoms with van der Waals surface area (Å²) in [6.45, 7) is 3.43. The van der Waals surface area contributed by atoms with Crippen molar-refractivity contribution in [3.05, 3.63) is 54.1 Å². The largest absolute Gasteiger partial charge is 0.572 e. The average Bonchev–Trinajstić information content (AvgIpc) is 3.37. The van der Waals surface area contributed by atoms with Gasteiger partial charge in [-0.3, -0.25) is 4.79 Å². The minimum atomic E-state index is -4.80. The number of hydrogen-bond donors (Lipinski definition) is 2. The molecule has 14 heteroatoms. The van der Waals surface area contributed by atoms with Gasteiger partial charge in [0.25, 0.3) is 0 Å². The number of ether oxygens (including phenoxy) is 1. The molecular weight excluding hydrogens is 697 g/mol. The summed E-state index contributed by atoms with van der Waals surface area (Å²) in [6, 6.07) is 9.10. The van der Waals surface area contributed by atoms with Crippen molar-refractivity contribution in [2.24, 2.45) is 0 Å². The van der Waals surface area contributed by atoms with Crippen LogP contribution in [0.3, 0.4) is 0 Å². The number of hydrogen-bond acceptors (Lipinski definition) is 9. The summed E-state index contributed by atoms with van der Waals surface area (Å²) in [5.74, 6) is -0.143. The summed E-state index contributed by atoms with van der Waals surface area (Å²) in [6.07, 6.45) is -2.78. The molecule has 0 saturated carbocycles. The van der Waals surface area contributed by atoms with E-state index in [1.54, 1.807) is 0 Å². The summed E-state index contributed by atoms with van der Waals surface area (Å²) in [5.41, 5.74) is 1.11. The summed E-state index contributed by atoms with van der Waals surface area (Å²) in [4.78, 5) is 14.3. The molecule has 1 fully saturated rings. The standard InChI is InChI=1S/C20H19F3N7O2S.U/c1-12-5-6-16(27-26-12)30-8-7-14(11-30)24-18-28-29-19(33-18)25-17(31)10-13-3-2-4-15(9-13)32-20(21,22)23;/h2-6,9-10,14H,7-8,11H2,1H3,(H,24,28)(H,25,29,31);/q-1;/t14-;/m1./s1. The average molecular weight is 717 g/mol. The number of carbonyl (C=O) groups is 1. The summed E-state index contributed by atoms with van der Waals surface area (Å²) < 4.78 is 40.9. The van der Waals surface area contributed by atoms with E-state index in [9.17, 15) is 18.0 Å². The number of halogens is 3. The van der Waals surface area contributed by atoms with Crippen molar-refractivity contribution >= 4 is 33.3 Å². The predicted octanol–water partition coefficient (Wildman–Crippen LogP) is 3.42. The number of carbonyl (C=O) groups excluding carboxylic acids is 1. The maximum Gasteiger partial charge on any atom is 0.572 e. The molecule has 1 aromatic carbocycles. The molecule has 2 aromatic heterocycles. The van der Waals surface area contributed by atoms with E-state index in [2.05, 4.69) is 40.7 Å². The Morgan fingerprint density at radius 2 is 1.97 bits per heavy atom. The van der Waals surface area contributed by atoms with Crippen LogP contribution >= 0.6 is 11.3 Å². The zero-order valence-electron chi connectivity index (χ0n) is 17.8. The number of anilines is 3. The van der Waals surface area contributed by atoms with Crippen LogP contribution in [0.2, 0.25) is 0 Å². The minimum Gasteiger partial charge on any atom is -0.419 e. The Bertz CT molecular complexity index is 1110. The topological polar surface area (TPSA) is 105 Å². The van der Waals surface area contributed by atoms with Gasteiger partial charge in [-0.15, -0.1) is 40.6 Å². The quantitative estimate of drug-likeness (QED) is 0.359. The molecule has 0 aliphatic carbocycles. The first-order chi connectivity index (χ1) is 15.7. The third-order valence-corrected chi connectivity index (χ3v) is 5.44. The molecule has 1 atom stereocenters. The van der Waals surface area contributed by atoms with E-state index >= 15 is 0 Å². The van der Waals surface area contributed by atoms with Crippen molar-refractivity contribution in [3.63, 3.8) is 0 Å². The van der Waals surface area contributed by atoms with E-state index in [1.165, 1.54) is 12.1 Å². The number of aryl methyl sites for hydroxylation is 1. The van der Waals surface area contributed by atoms with Gasteiger partial charge in [0.2, 0.25) is 10.3 Å². The molecule has 1 saturated heterocycles. The van der Waals surface area contributed by atoms with Crippen molar-refractivity contribution in [2.45, 2.75) is 25.7 Å². The first kappa shape index (κ1) is 26.1. The predicted molar refractivity (Wildman–Crippen MR) is 116 cm³/mol. The van der Waals surface area contributed by atoms with Gasteiger partial charge < -0.3 is 20.3 Å². The van der Waals surface area contributed by atoms with E-state index in [0.29, 0.717) is 5.13 Å². The molecule has 34 heavy (non-hydrogen) atoms. The van der Waals surface area contributed by atoms with E-state index in [-0.39, 0.29) is 47.8 Å². The van der Waals surface area contributed by atoms with Crippen molar-refractivity contribution in [1.82, 2.24) is 20.4 Å². The second-order valence-electron chi connectivity index (χ2n) is 7.28. The van der Waals surface area contributed by atoms with Crippen LogP contribution in [0.4, 0.5) is 29.3 Å². The molecule has 1 aliphatic rings. The van der Waals surface area contributed by atoms with Crippen LogP contribution in [0.25, 0.3) is 0 Å². The Kier molecular flexibility index (Phi) is 8.62. The molecular formula is C20H19F3N7O2SU-. The molecule has 4 rings (SSSR count). The molecule has 0 bridgehead atoms. The van der Waals surface area contributed by atoms with Crippen molar-refractivity contribution < 1.29 is 53.8 Å². The van der Waals surface area contributed by atoms with Gasteiger partial charge >= 0.3 is 6.36 Å². The Morgan fingerprint density at radius 1 is 1.18 bits per heavy atom. The van der Waals surface area contributed by atoms with E-state index < -0.39 is 18.0 Å². The van der Waals surface area contributed by atoms with Gasteiger partial charge in [-0.2, -0.15) is 16.7 Å². The molecule has 1 aliphatic heterocycles. The van der Waals surface area contributed by atoms with Crippen LogP contribution in [0.15, 0.2) is 36.4 Å². The molecule has 9 nitrogen and oxygen atoms in total. The maximum absolute atomic E-state index is 12.4. The third-order valence-electron chi connectivity index (χ3n) is 4.67. The number of rotatable bonds is 7. The van der Waals surface area contributed by atoms with Gasteiger partial charge in [0, 0.05) is 50.2 Å². The third kappa shape index (κ3) is 7.48. The molecule has 1 amide bonds. The van der Waals surface area contributed by atoms with Crippen molar-refractivity contribution in [3.8, 4) is 5.75 Å². The van der Waals surface area contributed by atoms with Crippen LogP contribution in [-0.4, -0.2) is 51.8 Å². The molecule has 0 radical (unpaired) electrons. The van der Waals surface area contributed by atoms with Gasteiger partial charge in [-0.1, -0.05) is 17.8 Å². The van der Waals surface area contributed by atoms with Crippen molar-refractivity contribution in [1.29, 1.82) is 0 Å². The van der Waals surface area contributed by atoms with Gasteiger partial charge in [-0.25, -0.2) is 0 Å². The Hall–Kier alpha value is -2.56. The van der Waals surface area contributed by atoms with Crippen LogP contribution in [0.1, 0.15) is 17.7 Å². The Labute approximate surface area is 220 Å². The van der Waals surface area contributed by atoms with Crippen molar-refractivity contribution in [2.75, 3.05) is 28.6 Å². The smallest absolute Gasteiger partial charge is 0.419 e. The minimum absolute atomic E-state index is 0. The fraction of sp³-hybridized carbons (Fsp3) is 0.300. The zero-order chi connectivity index (χ0) is 23.4. The monoisotopic (exact) mass is 716 g/mol. The van der Waals surface area contributed by atoms with Crippen LogP contribution < -0.4 is 20.3 Å². The molecule has 3 heterocycles. The first-order valence-corrected chi connectivity index (χ1v) is 10.7. The number of nitrogens with zero attached hydrogens (tertiary/aromatic N) is 5. The number of aromatic nitrogens is 4. The molecule has 0 unspecified atom stereocenters. The number of nitrogens with one attached hydrogen (secondary N) is 2. The van der Waals surface area contributed by atoms with Gasteiger partial charge in [0.1, 0.15) is 0 Å². The van der Waals surface area contributed by atoms with Crippen LogP contribution in [0, 0.1) is 44.5 Å². The first-order valence-electron chi connectivity index (χ1n) is 9.90. The number of benzene rings is 1. The van der Waals surface area contributed by atoms with E-state index in [0.717, 1.165) is 60.9 Å². The second kappa shape index (κ2) is 11.2. The fourth-order valence-electron chi connectivity index (χ4n) is 3.25. The zero-order valence-corrected chi connectivity index (χ0v) is 22.8. The maximum atomic E-state index is 12.4. The summed E-state index contributed by atoms with van der Waals surface area (Å²) in [5, 5.41) is 22.9. The SMILES string of the molecule is Cc1ccc(N2CC[C@@H](Nc3nnc(NC(=O)[CH-]c4cccc(OC(F)(F)F)c4)s3)C2)nn1.[U]. The molecule has 3 aromatic rings. The van der Waals surface area contributed by atoms with E-state index in [1.807, 2.05) is 19.1 Å². The second-order valence-corrected chi connectivity index (χ2v) is 8.25. The Morgan fingerprint density at radius 3 is 2.71 bits per heavy atom. The fourth-order valence-corrected chi connectivity index (χ4v) is 3.97. The van der Waals surface area contributed by atoms with Gasteiger partial charge in [-0.05, 0) is 31.5 Å². The van der Waals surface area contributed by atoms with Crippen LogP contribution in [0.5, 0.6) is 5.75 Å². The summed E-state index contributed by atoms with van der Waals surface area (Å²) in [7, 11) is 0. The number of amides is 1. The number of alkyl halides is 3. The molecule has 2 N–H and O–H groups in total. The summed E-state index contributed by atoms with van der Waals surface area (Å²) >= 11 is 1.16. The van der Waals surface area contributed by atoms with Crippen LogP contribution in [-0.2, 0) is 4.79 Å². The molecule has 0 spiro atoms. The molecule has 178 valence electrons. The van der Waals surface area contributed by atoms with Gasteiger partial charge in [0.05, 0.1) is 11.4 Å². The van der Waals surface area contributed by atoms with E-state index in [4.69, 9.17) is 0 Å². The normalized spacial score (nSPS) is 15.4. The Balaban J connectivity index is 0.00000324. The van der Waals surface area contributed by atoms with Gasteiger partial charge in [0.15, 0.2) is 11.7 Å².